The number of piperidine rings is 1. The van der Waals surface area contributed by atoms with Crippen molar-refractivity contribution < 1.29 is 14.3 Å². The molecule has 0 bridgehead atoms. The summed E-state index contributed by atoms with van der Waals surface area (Å²) in [5, 5.41) is 0.776. The third kappa shape index (κ3) is 3.82. The molecular weight excluding hydrogens is 340 g/mol. The van der Waals surface area contributed by atoms with E-state index in [4.69, 9.17) is 9.72 Å². The third-order valence-electron chi connectivity index (χ3n) is 5.68. The summed E-state index contributed by atoms with van der Waals surface area (Å²) >= 11 is 0. The molecule has 5 nitrogen and oxygen atoms in total. The van der Waals surface area contributed by atoms with E-state index in [9.17, 15) is 9.59 Å². The number of nitrogens with zero attached hydrogens (tertiary/aromatic N) is 2. The van der Waals surface area contributed by atoms with Crippen LogP contribution in [0.2, 0.25) is 0 Å². The fraction of sp³-hybridized carbons (Fsp3) is 0.500. The normalized spacial score (nSPS) is 19.1. The van der Waals surface area contributed by atoms with Crippen molar-refractivity contribution in [3.63, 3.8) is 0 Å². The van der Waals surface area contributed by atoms with Crippen molar-refractivity contribution in [2.75, 3.05) is 13.1 Å². The molecule has 1 aromatic carbocycles. The zero-order chi connectivity index (χ0) is 19.0. The van der Waals surface area contributed by atoms with Crippen LogP contribution >= 0.6 is 0 Å². The topological polar surface area (TPSA) is 59.5 Å². The molecule has 2 aliphatic rings. The van der Waals surface area contributed by atoms with Gasteiger partial charge in [0.15, 0.2) is 6.10 Å². The van der Waals surface area contributed by atoms with Crippen molar-refractivity contribution in [2.24, 2.45) is 5.92 Å². The van der Waals surface area contributed by atoms with Gasteiger partial charge in [0, 0.05) is 30.1 Å². The summed E-state index contributed by atoms with van der Waals surface area (Å²) in [5.74, 6) is 0.546. The molecule has 142 valence electrons. The standard InChI is InChI=1S/C22H26N2O3/c1-14-9-11-24(12-10-14)21(25)15(2)27-22(26)18-13-20(16-7-8-16)23-19-6-4-3-5-17(18)19/h3-6,13-16H,7-12H2,1-2H3/t15-/m0/s1. The number of amides is 1. The Labute approximate surface area is 159 Å². The molecule has 0 radical (unpaired) electrons. The average Bonchev–Trinajstić information content (AvgIpc) is 3.52. The minimum absolute atomic E-state index is 0.101. The van der Waals surface area contributed by atoms with E-state index in [1.165, 1.54) is 0 Å². The highest BCUT2D eigenvalue weighted by Crippen LogP contribution is 2.40. The predicted octanol–water partition coefficient (Wildman–Crippen LogP) is 3.92. The number of aromatic nitrogens is 1. The zero-order valence-electron chi connectivity index (χ0n) is 16.0. The van der Waals surface area contributed by atoms with Crippen LogP contribution in [-0.4, -0.2) is 41.0 Å². The van der Waals surface area contributed by atoms with Crippen molar-refractivity contribution in [2.45, 2.75) is 51.6 Å². The molecule has 1 saturated carbocycles. The number of carbonyl (C=O) groups is 2. The number of benzene rings is 1. The van der Waals surface area contributed by atoms with Crippen molar-refractivity contribution in [3.05, 3.63) is 41.6 Å². The highest BCUT2D eigenvalue weighted by Gasteiger charge is 2.30. The fourth-order valence-electron chi connectivity index (χ4n) is 3.71. The number of rotatable bonds is 4. The van der Waals surface area contributed by atoms with Crippen LogP contribution in [0.15, 0.2) is 30.3 Å². The van der Waals surface area contributed by atoms with E-state index in [0.717, 1.165) is 55.4 Å². The zero-order valence-corrected chi connectivity index (χ0v) is 16.0. The summed E-state index contributed by atoms with van der Waals surface area (Å²) in [7, 11) is 0. The quantitative estimate of drug-likeness (QED) is 0.770. The van der Waals surface area contributed by atoms with Gasteiger partial charge in [-0.25, -0.2) is 4.79 Å². The SMILES string of the molecule is CC1CCN(C(=O)[C@H](C)OC(=O)c2cc(C3CC3)nc3ccccc23)CC1. The Morgan fingerprint density at radius 2 is 1.85 bits per heavy atom. The molecular formula is C22H26N2O3. The number of pyridine rings is 1. The van der Waals surface area contributed by atoms with Crippen molar-refractivity contribution in [1.82, 2.24) is 9.88 Å². The van der Waals surface area contributed by atoms with Crippen LogP contribution in [-0.2, 0) is 9.53 Å². The Bertz CT molecular complexity index is 867. The van der Waals surface area contributed by atoms with Gasteiger partial charge in [-0.1, -0.05) is 25.1 Å². The number of likely N-dealkylation sites (tertiary alicyclic amines) is 1. The highest BCUT2D eigenvalue weighted by atomic mass is 16.5. The molecule has 4 rings (SSSR count). The van der Waals surface area contributed by atoms with Crippen LogP contribution in [0.1, 0.15) is 61.5 Å². The minimum Gasteiger partial charge on any atom is -0.449 e. The first-order valence-corrected chi connectivity index (χ1v) is 9.92. The Morgan fingerprint density at radius 3 is 2.56 bits per heavy atom. The molecule has 5 heteroatoms. The first-order chi connectivity index (χ1) is 13.0. The van der Waals surface area contributed by atoms with Gasteiger partial charge in [0.25, 0.3) is 5.91 Å². The molecule has 1 aliphatic carbocycles. The summed E-state index contributed by atoms with van der Waals surface area (Å²) < 4.78 is 5.58. The van der Waals surface area contributed by atoms with Crippen molar-refractivity contribution >= 4 is 22.8 Å². The first-order valence-electron chi connectivity index (χ1n) is 9.92. The maximum Gasteiger partial charge on any atom is 0.339 e. The number of esters is 1. The second-order valence-corrected chi connectivity index (χ2v) is 7.94. The molecule has 0 N–H and O–H groups in total. The molecule has 2 aromatic rings. The lowest BCUT2D eigenvalue weighted by molar-refractivity contribution is -0.141. The average molecular weight is 366 g/mol. The summed E-state index contributed by atoms with van der Waals surface area (Å²) in [6.45, 7) is 5.36. The molecule has 27 heavy (non-hydrogen) atoms. The van der Waals surface area contributed by atoms with Gasteiger partial charge in [-0.15, -0.1) is 0 Å². The smallest absolute Gasteiger partial charge is 0.339 e. The highest BCUT2D eigenvalue weighted by molar-refractivity contribution is 6.04. The predicted molar refractivity (Wildman–Crippen MR) is 104 cm³/mol. The van der Waals surface area contributed by atoms with Gasteiger partial charge < -0.3 is 9.64 Å². The van der Waals surface area contributed by atoms with Crippen LogP contribution in [0.5, 0.6) is 0 Å². The van der Waals surface area contributed by atoms with Gasteiger partial charge in [0.05, 0.1) is 11.1 Å². The Hall–Kier alpha value is -2.43. The van der Waals surface area contributed by atoms with Crippen molar-refractivity contribution in [3.8, 4) is 0 Å². The monoisotopic (exact) mass is 366 g/mol. The molecule has 2 heterocycles. The van der Waals surface area contributed by atoms with E-state index in [-0.39, 0.29) is 5.91 Å². The van der Waals surface area contributed by atoms with Gasteiger partial charge in [0.2, 0.25) is 0 Å². The van der Waals surface area contributed by atoms with Crippen molar-refractivity contribution in [1.29, 1.82) is 0 Å². The molecule has 1 atom stereocenters. The molecule has 1 saturated heterocycles. The van der Waals surface area contributed by atoms with E-state index in [0.29, 0.717) is 17.4 Å². The van der Waals surface area contributed by atoms with Gasteiger partial charge in [-0.3, -0.25) is 9.78 Å². The maximum absolute atomic E-state index is 12.9. The first kappa shape index (κ1) is 18.0. The molecule has 1 aliphatic heterocycles. The van der Waals surface area contributed by atoms with Gasteiger partial charge >= 0.3 is 5.97 Å². The van der Waals surface area contributed by atoms with Gasteiger partial charge in [-0.05, 0) is 50.7 Å². The van der Waals surface area contributed by atoms with E-state index in [1.807, 2.05) is 35.2 Å². The van der Waals surface area contributed by atoms with E-state index in [2.05, 4.69) is 6.92 Å². The van der Waals surface area contributed by atoms with Gasteiger partial charge in [-0.2, -0.15) is 0 Å². The Morgan fingerprint density at radius 1 is 1.15 bits per heavy atom. The molecule has 0 spiro atoms. The number of carbonyl (C=O) groups excluding carboxylic acids is 2. The summed E-state index contributed by atoms with van der Waals surface area (Å²) in [4.78, 5) is 32.0. The minimum atomic E-state index is -0.776. The molecule has 0 unspecified atom stereocenters. The van der Waals surface area contributed by atoms with Crippen LogP contribution in [0.4, 0.5) is 0 Å². The second kappa shape index (κ2) is 7.29. The maximum atomic E-state index is 12.9. The summed E-state index contributed by atoms with van der Waals surface area (Å²) in [5.41, 5.74) is 2.26. The van der Waals surface area contributed by atoms with Crippen LogP contribution in [0.25, 0.3) is 10.9 Å². The molecule has 2 fully saturated rings. The van der Waals surface area contributed by atoms with Crippen LogP contribution in [0, 0.1) is 5.92 Å². The van der Waals surface area contributed by atoms with E-state index < -0.39 is 12.1 Å². The number of fused-ring (bicyclic) bond motifs is 1. The Kier molecular flexibility index (Phi) is 4.85. The number of hydrogen-bond acceptors (Lipinski definition) is 4. The third-order valence-corrected chi connectivity index (χ3v) is 5.68. The van der Waals surface area contributed by atoms with Crippen LogP contribution in [0.3, 0.4) is 0 Å². The summed E-state index contributed by atoms with van der Waals surface area (Å²) in [6, 6.07) is 9.46. The van der Waals surface area contributed by atoms with Gasteiger partial charge in [0.1, 0.15) is 0 Å². The van der Waals surface area contributed by atoms with E-state index in [1.54, 1.807) is 6.92 Å². The Balaban J connectivity index is 1.53. The fourth-order valence-corrected chi connectivity index (χ4v) is 3.71. The van der Waals surface area contributed by atoms with E-state index >= 15 is 0 Å². The molecule has 1 aromatic heterocycles. The lowest BCUT2D eigenvalue weighted by atomic mass is 9.99. The lowest BCUT2D eigenvalue weighted by Crippen LogP contribution is -2.44. The number of para-hydroxylation sites is 1. The number of hydrogen-bond donors (Lipinski definition) is 0. The second-order valence-electron chi connectivity index (χ2n) is 7.94. The summed E-state index contributed by atoms with van der Waals surface area (Å²) in [6.07, 6.45) is 3.46. The largest absolute Gasteiger partial charge is 0.449 e. The number of ether oxygens (including phenoxy) is 1. The lowest BCUT2D eigenvalue weighted by Gasteiger charge is -2.31. The van der Waals surface area contributed by atoms with Crippen LogP contribution < -0.4 is 0 Å². The molecule has 1 amide bonds.